The van der Waals surface area contributed by atoms with Gasteiger partial charge in [0.25, 0.3) is 0 Å². The van der Waals surface area contributed by atoms with E-state index in [1.165, 1.54) is 38.5 Å². The summed E-state index contributed by atoms with van der Waals surface area (Å²) >= 11 is 1.66. The Morgan fingerprint density at radius 2 is 2.17 bits per heavy atom. The second-order valence-corrected chi connectivity index (χ2v) is 7.49. The number of ether oxygens (including phenoxy) is 1. The molecule has 1 aliphatic rings. The van der Waals surface area contributed by atoms with Gasteiger partial charge in [-0.3, -0.25) is 9.79 Å². The average Bonchev–Trinajstić information content (AvgIpc) is 3.12. The van der Waals surface area contributed by atoms with Crippen LogP contribution in [0.4, 0.5) is 0 Å². The first-order chi connectivity index (χ1) is 11.8. The Labute approximate surface area is 150 Å². The molecule has 134 valence electrons. The third kappa shape index (κ3) is 6.39. The number of rotatable bonds is 10. The Hall–Kier alpha value is -1.16. The van der Waals surface area contributed by atoms with Crippen LogP contribution in [0.5, 0.6) is 0 Å². The number of hydrogen-bond acceptors (Lipinski definition) is 4. The van der Waals surface area contributed by atoms with E-state index in [1.54, 1.807) is 17.6 Å². The van der Waals surface area contributed by atoms with Crippen molar-refractivity contribution in [2.45, 2.75) is 70.6 Å². The van der Waals surface area contributed by atoms with Crippen LogP contribution in [0.25, 0.3) is 0 Å². The van der Waals surface area contributed by atoms with Crippen molar-refractivity contribution in [3.8, 4) is 0 Å². The zero-order valence-electron chi connectivity index (χ0n) is 14.9. The standard InChI is InChI=1S/C20H31NO2S/c1-2-3-4-8-12-21-13-14-23-20(22)19(18-11-15-24-16-18)17-9-6-5-7-10-17/h11,13,15-17,19H,2-10,12,14H2,1H3. The SMILES string of the molecule is CCCCCCN=CCOC(=O)C(c1ccsc1)C1CCCCC1. The number of esters is 1. The monoisotopic (exact) mass is 349 g/mol. The number of carbonyl (C=O) groups excluding carboxylic acids is 1. The van der Waals surface area contributed by atoms with E-state index < -0.39 is 0 Å². The molecule has 0 aromatic carbocycles. The second kappa shape index (κ2) is 11.4. The number of carbonyl (C=O) groups is 1. The van der Waals surface area contributed by atoms with Crippen molar-refractivity contribution in [1.82, 2.24) is 0 Å². The molecular weight excluding hydrogens is 318 g/mol. The maximum atomic E-state index is 12.6. The third-order valence-electron chi connectivity index (χ3n) is 4.85. The van der Waals surface area contributed by atoms with E-state index in [4.69, 9.17) is 4.74 Å². The smallest absolute Gasteiger partial charge is 0.314 e. The van der Waals surface area contributed by atoms with Crippen molar-refractivity contribution < 1.29 is 9.53 Å². The Morgan fingerprint density at radius 1 is 1.33 bits per heavy atom. The molecule has 24 heavy (non-hydrogen) atoms. The van der Waals surface area contributed by atoms with Gasteiger partial charge in [0.15, 0.2) is 0 Å². The lowest BCUT2D eigenvalue weighted by atomic mass is 9.77. The zero-order chi connectivity index (χ0) is 17.0. The lowest BCUT2D eigenvalue weighted by molar-refractivity contribution is -0.145. The fraction of sp³-hybridized carbons (Fsp3) is 0.700. The van der Waals surface area contributed by atoms with E-state index >= 15 is 0 Å². The minimum absolute atomic E-state index is 0.0715. The Bertz CT molecular complexity index is 478. The van der Waals surface area contributed by atoms with Crippen molar-refractivity contribution >= 4 is 23.5 Å². The van der Waals surface area contributed by atoms with Crippen molar-refractivity contribution in [1.29, 1.82) is 0 Å². The summed E-state index contributed by atoms with van der Waals surface area (Å²) in [5.74, 6) is 0.277. The van der Waals surface area contributed by atoms with Crippen LogP contribution in [-0.4, -0.2) is 25.3 Å². The summed E-state index contributed by atoms with van der Waals surface area (Å²) in [5, 5.41) is 4.15. The normalized spacial score (nSPS) is 17.2. The fourth-order valence-electron chi connectivity index (χ4n) is 3.50. The van der Waals surface area contributed by atoms with Crippen molar-refractivity contribution in [2.24, 2.45) is 10.9 Å². The van der Waals surface area contributed by atoms with Crippen LogP contribution < -0.4 is 0 Å². The number of aliphatic imine (C=N–C) groups is 1. The average molecular weight is 350 g/mol. The Morgan fingerprint density at radius 3 is 2.88 bits per heavy atom. The van der Waals surface area contributed by atoms with Gasteiger partial charge < -0.3 is 4.74 Å². The lowest BCUT2D eigenvalue weighted by Crippen LogP contribution is -2.26. The first kappa shape index (κ1) is 19.2. The maximum Gasteiger partial charge on any atom is 0.314 e. The van der Waals surface area contributed by atoms with E-state index in [9.17, 15) is 4.79 Å². The van der Waals surface area contributed by atoms with Crippen LogP contribution >= 0.6 is 11.3 Å². The molecule has 0 bridgehead atoms. The quantitative estimate of drug-likeness (QED) is 0.313. The summed E-state index contributed by atoms with van der Waals surface area (Å²) in [6.07, 6.45) is 12.7. The largest absolute Gasteiger partial charge is 0.459 e. The zero-order valence-corrected chi connectivity index (χ0v) is 15.7. The molecule has 1 aromatic rings. The first-order valence-corrected chi connectivity index (χ1v) is 10.4. The predicted molar refractivity (Wildman–Crippen MR) is 102 cm³/mol. The van der Waals surface area contributed by atoms with Gasteiger partial charge in [-0.2, -0.15) is 11.3 Å². The fourth-order valence-corrected chi connectivity index (χ4v) is 4.20. The topological polar surface area (TPSA) is 38.7 Å². The van der Waals surface area contributed by atoms with Crippen LogP contribution in [0, 0.1) is 5.92 Å². The van der Waals surface area contributed by atoms with Gasteiger partial charge in [-0.05, 0) is 47.6 Å². The molecule has 3 nitrogen and oxygen atoms in total. The van der Waals surface area contributed by atoms with E-state index in [0.717, 1.165) is 31.4 Å². The van der Waals surface area contributed by atoms with E-state index in [0.29, 0.717) is 12.5 Å². The second-order valence-electron chi connectivity index (χ2n) is 6.71. The molecule has 1 aromatic heterocycles. The van der Waals surface area contributed by atoms with E-state index in [2.05, 4.69) is 28.7 Å². The molecule has 4 heteroatoms. The molecule has 1 fully saturated rings. The van der Waals surface area contributed by atoms with Gasteiger partial charge in [-0.1, -0.05) is 45.4 Å². The van der Waals surface area contributed by atoms with Crippen LogP contribution in [0.15, 0.2) is 21.8 Å². The lowest BCUT2D eigenvalue weighted by Gasteiger charge is -2.28. The summed E-state index contributed by atoms with van der Waals surface area (Å²) in [4.78, 5) is 17.0. The van der Waals surface area contributed by atoms with Crippen LogP contribution in [0.3, 0.4) is 0 Å². The molecule has 0 N–H and O–H groups in total. The number of hydrogen-bond donors (Lipinski definition) is 0. The van der Waals surface area contributed by atoms with Gasteiger partial charge in [-0.25, -0.2) is 0 Å². The summed E-state index contributed by atoms with van der Waals surface area (Å²) in [7, 11) is 0. The highest BCUT2D eigenvalue weighted by Gasteiger charge is 2.32. The van der Waals surface area contributed by atoms with Gasteiger partial charge in [0.05, 0.1) is 5.92 Å². The highest BCUT2D eigenvalue weighted by Crippen LogP contribution is 2.37. The van der Waals surface area contributed by atoms with E-state index in [-0.39, 0.29) is 11.9 Å². The molecule has 0 saturated heterocycles. The number of nitrogens with zero attached hydrogens (tertiary/aromatic N) is 1. The highest BCUT2D eigenvalue weighted by atomic mass is 32.1. The van der Waals surface area contributed by atoms with Crippen LogP contribution in [0.2, 0.25) is 0 Å². The van der Waals surface area contributed by atoms with Crippen LogP contribution in [0.1, 0.15) is 76.2 Å². The molecule has 2 rings (SSSR count). The molecule has 1 unspecified atom stereocenters. The molecule has 1 saturated carbocycles. The minimum Gasteiger partial charge on any atom is -0.459 e. The summed E-state index contributed by atoms with van der Waals surface area (Å²) in [6, 6.07) is 2.08. The maximum absolute atomic E-state index is 12.6. The molecule has 1 heterocycles. The highest BCUT2D eigenvalue weighted by molar-refractivity contribution is 7.08. The number of unbranched alkanes of at least 4 members (excludes halogenated alkanes) is 3. The predicted octanol–water partition coefficient (Wildman–Crippen LogP) is 5.61. The van der Waals surface area contributed by atoms with Gasteiger partial charge in [0.2, 0.25) is 0 Å². The summed E-state index contributed by atoms with van der Waals surface area (Å²) < 4.78 is 5.53. The minimum atomic E-state index is -0.0884. The van der Waals surface area contributed by atoms with Crippen molar-refractivity contribution in [2.75, 3.05) is 13.2 Å². The molecule has 0 aliphatic heterocycles. The number of thiophene rings is 1. The molecular formula is C20H31NO2S. The molecule has 1 atom stereocenters. The summed E-state index contributed by atoms with van der Waals surface area (Å²) in [5.41, 5.74) is 1.13. The van der Waals surface area contributed by atoms with E-state index in [1.807, 2.05) is 0 Å². The van der Waals surface area contributed by atoms with Gasteiger partial charge in [0.1, 0.15) is 6.61 Å². The molecule has 0 radical (unpaired) electrons. The van der Waals surface area contributed by atoms with Crippen LogP contribution in [-0.2, 0) is 9.53 Å². The first-order valence-electron chi connectivity index (χ1n) is 9.50. The van der Waals surface area contributed by atoms with Gasteiger partial charge >= 0.3 is 5.97 Å². The van der Waals surface area contributed by atoms with Gasteiger partial charge in [0, 0.05) is 12.8 Å². The Kier molecular flexibility index (Phi) is 9.11. The summed E-state index contributed by atoms with van der Waals surface area (Å²) in [6.45, 7) is 3.35. The third-order valence-corrected chi connectivity index (χ3v) is 5.55. The van der Waals surface area contributed by atoms with Gasteiger partial charge in [-0.15, -0.1) is 0 Å². The Balaban J connectivity index is 1.79. The molecule has 0 amide bonds. The molecule has 1 aliphatic carbocycles. The molecule has 0 spiro atoms. The van der Waals surface area contributed by atoms with Crippen molar-refractivity contribution in [3.05, 3.63) is 22.4 Å². The van der Waals surface area contributed by atoms with Crippen molar-refractivity contribution in [3.63, 3.8) is 0 Å².